The Morgan fingerprint density at radius 1 is 0.939 bits per heavy atom. The minimum Gasteiger partial charge on any atom is -0.464 e. The summed E-state index contributed by atoms with van der Waals surface area (Å²) in [4.78, 5) is 29.3. The first kappa shape index (κ1) is 24.0. The predicted octanol–water partition coefficient (Wildman–Crippen LogP) is 5.21. The molecule has 1 aromatic heterocycles. The van der Waals surface area contributed by atoms with Crippen LogP contribution in [0.2, 0.25) is 0 Å². The van der Waals surface area contributed by atoms with E-state index >= 15 is 0 Å². The number of nitrogens with zero attached hydrogens (tertiary/aromatic N) is 2. The van der Waals surface area contributed by atoms with Gasteiger partial charge >= 0.3 is 0 Å². The van der Waals surface area contributed by atoms with Crippen molar-refractivity contribution in [2.75, 3.05) is 13.1 Å². The van der Waals surface area contributed by atoms with Crippen LogP contribution in [-0.2, 0) is 22.7 Å². The molecule has 0 aliphatic carbocycles. The van der Waals surface area contributed by atoms with Crippen molar-refractivity contribution >= 4 is 17.9 Å². The first-order valence-electron chi connectivity index (χ1n) is 11.0. The van der Waals surface area contributed by atoms with E-state index in [9.17, 15) is 14.0 Å². The van der Waals surface area contributed by atoms with E-state index in [-0.39, 0.29) is 37.3 Å². The van der Waals surface area contributed by atoms with Gasteiger partial charge in [-0.3, -0.25) is 9.59 Å². The Bertz CT molecular complexity index is 1070. The number of hydrogen-bond donors (Lipinski definition) is 0. The standard InChI is InChI=1S/C27H29FN2O3/c1-3-17-29(26(31)16-12-22-7-5-4-6-8-22)20-27(32)30(19-25-15-9-21(2)33-25)18-23-10-13-24(28)14-11-23/h4-16H,3,17-20H2,1-2H3/b16-12+. The van der Waals surface area contributed by atoms with Gasteiger partial charge in [-0.2, -0.15) is 0 Å². The van der Waals surface area contributed by atoms with Crippen LogP contribution in [0.4, 0.5) is 4.39 Å². The molecule has 0 fully saturated rings. The molecule has 0 aliphatic heterocycles. The van der Waals surface area contributed by atoms with Gasteiger partial charge in [-0.25, -0.2) is 4.39 Å². The molecule has 0 N–H and O–H groups in total. The maximum absolute atomic E-state index is 13.3. The quantitative estimate of drug-likeness (QED) is 0.400. The van der Waals surface area contributed by atoms with Crippen LogP contribution < -0.4 is 0 Å². The molecule has 0 spiro atoms. The van der Waals surface area contributed by atoms with E-state index in [0.717, 1.165) is 23.3 Å². The third-order valence-electron chi connectivity index (χ3n) is 5.13. The number of amides is 2. The maximum Gasteiger partial charge on any atom is 0.247 e. The Morgan fingerprint density at radius 2 is 1.67 bits per heavy atom. The summed E-state index contributed by atoms with van der Waals surface area (Å²) in [5.41, 5.74) is 1.71. The lowest BCUT2D eigenvalue weighted by Gasteiger charge is -2.26. The van der Waals surface area contributed by atoms with Crippen molar-refractivity contribution in [3.63, 3.8) is 0 Å². The van der Waals surface area contributed by atoms with Crippen molar-refractivity contribution in [1.29, 1.82) is 0 Å². The van der Waals surface area contributed by atoms with E-state index in [1.54, 1.807) is 28.0 Å². The lowest BCUT2D eigenvalue weighted by molar-refractivity contribution is -0.139. The summed E-state index contributed by atoms with van der Waals surface area (Å²) in [5, 5.41) is 0. The monoisotopic (exact) mass is 448 g/mol. The van der Waals surface area contributed by atoms with E-state index in [4.69, 9.17) is 4.42 Å². The number of halogens is 1. The van der Waals surface area contributed by atoms with Crippen LogP contribution in [0.1, 0.15) is 36.0 Å². The summed E-state index contributed by atoms with van der Waals surface area (Å²) in [5.74, 6) is 0.657. The van der Waals surface area contributed by atoms with Crippen LogP contribution in [0.5, 0.6) is 0 Å². The van der Waals surface area contributed by atoms with Crippen molar-refractivity contribution in [3.05, 3.63) is 101 Å². The first-order chi connectivity index (χ1) is 15.9. The molecule has 3 aromatic rings. The second kappa shape index (κ2) is 11.8. The zero-order chi connectivity index (χ0) is 23.6. The minimum atomic E-state index is -0.330. The highest BCUT2D eigenvalue weighted by Crippen LogP contribution is 2.14. The summed E-state index contributed by atoms with van der Waals surface area (Å²) in [6.45, 7) is 4.77. The van der Waals surface area contributed by atoms with Gasteiger partial charge in [-0.05, 0) is 54.8 Å². The lowest BCUT2D eigenvalue weighted by atomic mass is 10.2. The van der Waals surface area contributed by atoms with E-state index < -0.39 is 0 Å². The number of furan rings is 1. The summed E-state index contributed by atoms with van der Waals surface area (Å²) in [6, 6.07) is 19.3. The van der Waals surface area contributed by atoms with Crippen molar-refractivity contribution in [3.8, 4) is 0 Å². The fourth-order valence-corrected chi connectivity index (χ4v) is 3.44. The number of aryl methyl sites for hydroxylation is 1. The Morgan fingerprint density at radius 3 is 2.30 bits per heavy atom. The van der Waals surface area contributed by atoms with Crippen LogP contribution in [-0.4, -0.2) is 34.7 Å². The first-order valence-corrected chi connectivity index (χ1v) is 11.0. The van der Waals surface area contributed by atoms with Gasteiger partial charge in [-0.15, -0.1) is 0 Å². The molecule has 0 bridgehead atoms. The summed E-state index contributed by atoms with van der Waals surface area (Å²) in [6.07, 6.45) is 3.98. The van der Waals surface area contributed by atoms with E-state index in [2.05, 4.69) is 0 Å². The van der Waals surface area contributed by atoms with Crippen molar-refractivity contribution < 1.29 is 18.4 Å². The molecule has 0 saturated heterocycles. The van der Waals surface area contributed by atoms with Gasteiger partial charge in [0.25, 0.3) is 0 Å². The number of benzene rings is 2. The molecular weight excluding hydrogens is 419 g/mol. The normalized spacial score (nSPS) is 11.0. The second-order valence-electron chi connectivity index (χ2n) is 7.89. The van der Waals surface area contributed by atoms with Gasteiger partial charge in [0.05, 0.1) is 6.54 Å². The fraction of sp³-hybridized carbons (Fsp3) is 0.259. The number of carbonyl (C=O) groups is 2. The second-order valence-corrected chi connectivity index (χ2v) is 7.89. The molecule has 1 heterocycles. The smallest absolute Gasteiger partial charge is 0.247 e. The van der Waals surface area contributed by atoms with Gasteiger partial charge in [0.15, 0.2) is 0 Å². The van der Waals surface area contributed by atoms with Crippen LogP contribution in [0, 0.1) is 12.7 Å². The van der Waals surface area contributed by atoms with Gasteiger partial charge in [0.2, 0.25) is 11.8 Å². The van der Waals surface area contributed by atoms with Gasteiger partial charge in [-0.1, -0.05) is 49.4 Å². The fourth-order valence-electron chi connectivity index (χ4n) is 3.44. The molecule has 0 radical (unpaired) electrons. The molecular formula is C27H29FN2O3. The van der Waals surface area contributed by atoms with Crippen molar-refractivity contribution in [1.82, 2.24) is 9.80 Å². The van der Waals surface area contributed by atoms with E-state index in [1.165, 1.54) is 18.2 Å². The van der Waals surface area contributed by atoms with Crippen molar-refractivity contribution in [2.45, 2.75) is 33.4 Å². The molecule has 2 amide bonds. The number of rotatable bonds is 10. The highest BCUT2D eigenvalue weighted by molar-refractivity contribution is 5.94. The molecule has 3 rings (SSSR count). The Hall–Kier alpha value is -3.67. The average Bonchev–Trinajstić information content (AvgIpc) is 3.23. The zero-order valence-electron chi connectivity index (χ0n) is 19.0. The van der Waals surface area contributed by atoms with Gasteiger partial charge < -0.3 is 14.2 Å². The summed E-state index contributed by atoms with van der Waals surface area (Å²) < 4.78 is 19.0. The van der Waals surface area contributed by atoms with Crippen molar-refractivity contribution in [2.24, 2.45) is 0 Å². The molecule has 2 aromatic carbocycles. The third kappa shape index (κ3) is 7.45. The Balaban J connectivity index is 1.74. The third-order valence-corrected chi connectivity index (χ3v) is 5.13. The molecule has 5 nitrogen and oxygen atoms in total. The highest BCUT2D eigenvalue weighted by atomic mass is 19.1. The predicted molar refractivity (Wildman–Crippen MR) is 126 cm³/mol. The molecule has 0 aliphatic rings. The molecule has 6 heteroatoms. The molecule has 172 valence electrons. The minimum absolute atomic E-state index is 0.0489. The van der Waals surface area contributed by atoms with E-state index in [1.807, 2.05) is 56.3 Å². The summed E-state index contributed by atoms with van der Waals surface area (Å²) in [7, 11) is 0. The van der Waals surface area contributed by atoms with Gasteiger partial charge in [0.1, 0.15) is 23.9 Å². The zero-order valence-corrected chi connectivity index (χ0v) is 19.0. The van der Waals surface area contributed by atoms with Crippen LogP contribution in [0.25, 0.3) is 6.08 Å². The van der Waals surface area contributed by atoms with Gasteiger partial charge in [0, 0.05) is 19.2 Å². The van der Waals surface area contributed by atoms with Crippen LogP contribution >= 0.6 is 0 Å². The number of carbonyl (C=O) groups excluding carboxylic acids is 2. The van der Waals surface area contributed by atoms with Crippen LogP contribution in [0.3, 0.4) is 0 Å². The van der Waals surface area contributed by atoms with E-state index in [0.29, 0.717) is 12.3 Å². The summed E-state index contributed by atoms with van der Waals surface area (Å²) >= 11 is 0. The largest absolute Gasteiger partial charge is 0.464 e. The average molecular weight is 449 g/mol. The molecule has 0 atom stereocenters. The van der Waals surface area contributed by atoms with Crippen LogP contribution in [0.15, 0.2) is 77.2 Å². The Kier molecular flexibility index (Phi) is 8.58. The molecule has 0 unspecified atom stereocenters. The highest BCUT2D eigenvalue weighted by Gasteiger charge is 2.21. The number of hydrogen-bond acceptors (Lipinski definition) is 3. The molecule has 0 saturated carbocycles. The maximum atomic E-state index is 13.3. The SMILES string of the molecule is CCCN(CC(=O)N(Cc1ccc(F)cc1)Cc1ccc(C)o1)C(=O)/C=C/c1ccccc1. The Labute approximate surface area is 194 Å². The lowest BCUT2D eigenvalue weighted by Crippen LogP contribution is -2.42. The molecule has 33 heavy (non-hydrogen) atoms. The topological polar surface area (TPSA) is 53.8 Å².